The molecule has 1 aliphatic heterocycles. The maximum atomic E-state index is 12.5. The summed E-state index contributed by atoms with van der Waals surface area (Å²) in [5, 5.41) is 13.6. The second-order valence-electron chi connectivity index (χ2n) is 6.36. The summed E-state index contributed by atoms with van der Waals surface area (Å²) in [5.74, 6) is 0.643. The van der Waals surface area contributed by atoms with Crippen LogP contribution in [0.15, 0.2) is 17.8 Å². The number of amides is 1. The highest BCUT2D eigenvalue weighted by Gasteiger charge is 2.34. The van der Waals surface area contributed by atoms with Crippen LogP contribution in [0.5, 0.6) is 0 Å². The minimum absolute atomic E-state index is 0. The van der Waals surface area contributed by atoms with E-state index in [0.29, 0.717) is 19.0 Å². The Balaban J connectivity index is 0.00000156. The summed E-state index contributed by atoms with van der Waals surface area (Å²) in [4.78, 5) is 17.1. The molecule has 1 saturated heterocycles. The van der Waals surface area contributed by atoms with Gasteiger partial charge in [-0.1, -0.05) is 13.8 Å². The Hall–Kier alpha value is -1.15. The Morgan fingerprint density at radius 3 is 2.80 bits per heavy atom. The summed E-state index contributed by atoms with van der Waals surface area (Å²) in [5.41, 5.74) is 2.21. The van der Waals surface area contributed by atoms with E-state index in [1.807, 2.05) is 19.4 Å². The van der Waals surface area contributed by atoms with Crippen LogP contribution in [0, 0.1) is 5.92 Å². The number of aryl methyl sites for hydroxylation is 1. The number of hydrogen-bond acceptors (Lipinski definition) is 5. The number of nitrogens with zero attached hydrogens (tertiary/aromatic N) is 3. The van der Waals surface area contributed by atoms with Crippen LogP contribution in [0.1, 0.15) is 41.9 Å². The summed E-state index contributed by atoms with van der Waals surface area (Å²) >= 11 is 1.61. The Morgan fingerprint density at radius 1 is 1.44 bits per heavy atom. The van der Waals surface area contributed by atoms with Crippen LogP contribution in [0.3, 0.4) is 0 Å². The summed E-state index contributed by atoms with van der Waals surface area (Å²) in [7, 11) is 1.90. The highest BCUT2D eigenvalue weighted by atomic mass is 35.5. The molecule has 0 bridgehead atoms. The van der Waals surface area contributed by atoms with E-state index in [2.05, 4.69) is 39.9 Å². The molecule has 2 aromatic rings. The van der Waals surface area contributed by atoms with E-state index in [1.54, 1.807) is 16.0 Å². The van der Waals surface area contributed by atoms with Crippen LogP contribution in [0.2, 0.25) is 0 Å². The normalized spacial score (nSPS) is 19.4. The van der Waals surface area contributed by atoms with E-state index in [0.717, 1.165) is 22.8 Å². The second kappa shape index (κ2) is 9.52. The van der Waals surface area contributed by atoms with Crippen molar-refractivity contribution in [3.8, 4) is 0 Å². The lowest BCUT2D eigenvalue weighted by molar-refractivity contribution is -0.125. The number of hydrogen-bond donors (Lipinski definition) is 2. The lowest BCUT2D eigenvalue weighted by atomic mass is 9.90. The average Bonchev–Trinajstić information content (AvgIpc) is 3.24. The van der Waals surface area contributed by atoms with Crippen LogP contribution in [-0.2, 0) is 18.4 Å². The predicted octanol–water partition coefficient (Wildman–Crippen LogP) is 2.46. The van der Waals surface area contributed by atoms with Gasteiger partial charge in [0.05, 0.1) is 24.4 Å². The van der Waals surface area contributed by atoms with Crippen molar-refractivity contribution in [1.82, 2.24) is 25.4 Å². The van der Waals surface area contributed by atoms with E-state index >= 15 is 0 Å². The van der Waals surface area contributed by atoms with Gasteiger partial charge in [-0.05, 0) is 11.5 Å². The fourth-order valence-electron chi connectivity index (χ4n) is 2.90. The topological polar surface area (TPSA) is 71.8 Å². The first-order chi connectivity index (χ1) is 11.0. The molecule has 0 aliphatic carbocycles. The summed E-state index contributed by atoms with van der Waals surface area (Å²) < 4.78 is 1.78. The highest BCUT2D eigenvalue weighted by Crippen LogP contribution is 2.28. The van der Waals surface area contributed by atoms with Gasteiger partial charge >= 0.3 is 0 Å². The quantitative estimate of drug-likeness (QED) is 0.800. The molecule has 0 unspecified atom stereocenters. The van der Waals surface area contributed by atoms with Gasteiger partial charge < -0.3 is 10.6 Å². The molecule has 6 nitrogen and oxygen atoms in total. The van der Waals surface area contributed by atoms with Crippen molar-refractivity contribution in [2.45, 2.75) is 32.2 Å². The van der Waals surface area contributed by atoms with Crippen molar-refractivity contribution in [2.75, 3.05) is 13.1 Å². The third-order valence-electron chi connectivity index (χ3n) is 4.28. The zero-order valence-corrected chi connectivity index (χ0v) is 17.0. The number of thiazole rings is 1. The third kappa shape index (κ3) is 5.17. The minimum atomic E-state index is -0.0521. The Kier molecular flexibility index (Phi) is 8.34. The van der Waals surface area contributed by atoms with Crippen molar-refractivity contribution in [1.29, 1.82) is 0 Å². The Bertz CT molecular complexity index is 688. The first-order valence-electron chi connectivity index (χ1n) is 7.96. The Morgan fingerprint density at radius 2 is 2.20 bits per heavy atom. The number of aromatic nitrogens is 3. The number of nitrogens with one attached hydrogen (secondary N) is 2. The zero-order valence-electron chi connectivity index (χ0n) is 14.6. The molecule has 0 radical (unpaired) electrons. The molecule has 25 heavy (non-hydrogen) atoms. The molecule has 2 atom stereocenters. The van der Waals surface area contributed by atoms with E-state index in [9.17, 15) is 4.79 Å². The van der Waals surface area contributed by atoms with Crippen molar-refractivity contribution in [3.63, 3.8) is 0 Å². The van der Waals surface area contributed by atoms with Gasteiger partial charge in [-0.3, -0.25) is 9.48 Å². The van der Waals surface area contributed by atoms with Crippen LogP contribution >= 0.6 is 36.2 Å². The van der Waals surface area contributed by atoms with Gasteiger partial charge in [-0.2, -0.15) is 5.10 Å². The van der Waals surface area contributed by atoms with Gasteiger partial charge in [-0.25, -0.2) is 4.98 Å². The molecule has 1 amide bonds. The summed E-state index contributed by atoms with van der Waals surface area (Å²) in [6, 6.07) is 0. The maximum absolute atomic E-state index is 12.5. The molecule has 3 rings (SSSR count). The van der Waals surface area contributed by atoms with Crippen LogP contribution in [0.25, 0.3) is 0 Å². The van der Waals surface area contributed by atoms with Crippen LogP contribution in [-0.4, -0.2) is 33.8 Å². The second-order valence-corrected chi connectivity index (χ2v) is 7.30. The molecule has 9 heteroatoms. The molecule has 3 heterocycles. The van der Waals surface area contributed by atoms with Gasteiger partial charge in [0, 0.05) is 37.6 Å². The van der Waals surface area contributed by atoms with Gasteiger partial charge in [0.2, 0.25) is 5.91 Å². The monoisotopic (exact) mass is 405 g/mol. The molecule has 1 fully saturated rings. The van der Waals surface area contributed by atoms with E-state index in [-0.39, 0.29) is 42.6 Å². The molecular weight excluding hydrogens is 381 g/mol. The molecular formula is C16H25Cl2N5OS. The maximum Gasteiger partial charge on any atom is 0.225 e. The van der Waals surface area contributed by atoms with Gasteiger partial charge in [0.1, 0.15) is 5.01 Å². The molecule has 140 valence electrons. The van der Waals surface area contributed by atoms with Crippen molar-refractivity contribution in [2.24, 2.45) is 13.0 Å². The smallest absolute Gasteiger partial charge is 0.225 e. The Labute approximate surface area is 164 Å². The first-order valence-corrected chi connectivity index (χ1v) is 8.84. The largest absolute Gasteiger partial charge is 0.349 e. The number of halogens is 2. The van der Waals surface area contributed by atoms with E-state index < -0.39 is 0 Å². The molecule has 0 spiro atoms. The average molecular weight is 406 g/mol. The van der Waals surface area contributed by atoms with Gasteiger partial charge in [-0.15, -0.1) is 36.2 Å². The highest BCUT2D eigenvalue weighted by molar-refractivity contribution is 7.09. The molecule has 1 aliphatic rings. The molecule has 0 aromatic carbocycles. The van der Waals surface area contributed by atoms with Gasteiger partial charge in [0.15, 0.2) is 0 Å². The number of carbonyl (C=O) groups excluding carboxylic acids is 1. The van der Waals surface area contributed by atoms with Crippen LogP contribution in [0.4, 0.5) is 0 Å². The fourth-order valence-corrected chi connectivity index (χ4v) is 3.80. The van der Waals surface area contributed by atoms with Crippen molar-refractivity contribution >= 4 is 42.1 Å². The van der Waals surface area contributed by atoms with Crippen LogP contribution < -0.4 is 10.6 Å². The number of rotatable bonds is 5. The van der Waals surface area contributed by atoms with E-state index in [4.69, 9.17) is 0 Å². The van der Waals surface area contributed by atoms with E-state index in [1.165, 1.54) is 0 Å². The van der Waals surface area contributed by atoms with Crippen molar-refractivity contribution < 1.29 is 4.79 Å². The lowest BCUT2D eigenvalue weighted by Gasteiger charge is -2.16. The summed E-state index contributed by atoms with van der Waals surface area (Å²) in [6.45, 7) is 6.28. The molecule has 0 saturated carbocycles. The van der Waals surface area contributed by atoms with Gasteiger partial charge in [0.25, 0.3) is 0 Å². The number of carbonyl (C=O) groups is 1. The third-order valence-corrected chi connectivity index (χ3v) is 5.15. The minimum Gasteiger partial charge on any atom is -0.349 e. The molecule has 2 N–H and O–H groups in total. The zero-order chi connectivity index (χ0) is 16.4. The summed E-state index contributed by atoms with van der Waals surface area (Å²) in [6.07, 6.45) is 3.85. The predicted molar refractivity (Wildman–Crippen MR) is 105 cm³/mol. The SMILES string of the molecule is CC(C)c1csc(CNC(=O)[C@H]2CNC[C@@H]2c2cnn(C)c2)n1.Cl.Cl. The standard InChI is InChI=1S/C16H23N5OS.2ClH/c1-10(2)14-9-23-15(20-14)7-18-16(22)13-6-17-5-12(13)11-4-19-21(3)8-11;;/h4,8-10,12-13,17H,5-7H2,1-3H3,(H,18,22);2*1H/t12-,13+;;/m1../s1. The molecule has 2 aromatic heterocycles. The first kappa shape index (κ1) is 21.9. The fraction of sp³-hybridized carbons (Fsp3) is 0.562. The van der Waals surface area contributed by atoms with Crippen molar-refractivity contribution in [3.05, 3.63) is 34.0 Å². The lowest BCUT2D eigenvalue weighted by Crippen LogP contribution is -2.33.